The van der Waals surface area contributed by atoms with Crippen molar-refractivity contribution in [3.63, 3.8) is 0 Å². The molecule has 0 radical (unpaired) electrons. The molecular formula is C14H17N3O4S. The SMILES string of the molecule is CC[C@@H]1C[C@@H](OC(C)=O)C(n2c(=O)sc3cnc(C)nc32)O1. The Bertz CT molecular complexity index is 769. The van der Waals surface area contributed by atoms with Crippen LogP contribution < -0.4 is 4.87 Å². The highest BCUT2D eigenvalue weighted by atomic mass is 32.1. The van der Waals surface area contributed by atoms with Crippen LogP contribution >= 0.6 is 11.3 Å². The van der Waals surface area contributed by atoms with Gasteiger partial charge in [-0.05, 0) is 13.3 Å². The van der Waals surface area contributed by atoms with Crippen LogP contribution in [0.25, 0.3) is 10.3 Å². The minimum Gasteiger partial charge on any atom is -0.458 e. The summed E-state index contributed by atoms with van der Waals surface area (Å²) in [6.45, 7) is 5.12. The van der Waals surface area contributed by atoms with Crippen LogP contribution in [0.2, 0.25) is 0 Å². The first-order chi connectivity index (χ1) is 10.5. The number of carbonyl (C=O) groups is 1. The van der Waals surface area contributed by atoms with Crippen LogP contribution in [0.4, 0.5) is 0 Å². The Morgan fingerprint density at radius 2 is 2.36 bits per heavy atom. The molecule has 2 aromatic rings. The van der Waals surface area contributed by atoms with Gasteiger partial charge in [0, 0.05) is 13.3 Å². The maximum atomic E-state index is 12.4. The number of ether oxygens (including phenoxy) is 2. The van der Waals surface area contributed by atoms with Gasteiger partial charge in [-0.2, -0.15) is 0 Å². The van der Waals surface area contributed by atoms with Gasteiger partial charge in [0.2, 0.25) is 0 Å². The minimum absolute atomic E-state index is 0.0425. The van der Waals surface area contributed by atoms with Gasteiger partial charge < -0.3 is 9.47 Å². The van der Waals surface area contributed by atoms with E-state index < -0.39 is 12.3 Å². The van der Waals surface area contributed by atoms with Crippen molar-refractivity contribution in [2.75, 3.05) is 0 Å². The Morgan fingerprint density at radius 1 is 1.59 bits per heavy atom. The van der Waals surface area contributed by atoms with E-state index in [-0.39, 0.29) is 16.9 Å². The fourth-order valence-corrected chi connectivity index (χ4v) is 3.49. The summed E-state index contributed by atoms with van der Waals surface area (Å²) < 4.78 is 13.5. The number of aromatic nitrogens is 3. The monoisotopic (exact) mass is 323 g/mol. The predicted molar refractivity (Wildman–Crippen MR) is 80.8 cm³/mol. The second-order valence-corrected chi connectivity index (χ2v) is 6.28. The molecule has 2 aromatic heterocycles. The van der Waals surface area contributed by atoms with E-state index in [1.165, 1.54) is 11.5 Å². The van der Waals surface area contributed by atoms with Gasteiger partial charge in [0.05, 0.1) is 17.0 Å². The summed E-state index contributed by atoms with van der Waals surface area (Å²) in [5.74, 6) is 0.196. The number of carbonyl (C=O) groups excluding carboxylic acids is 1. The van der Waals surface area contributed by atoms with Crippen molar-refractivity contribution >= 4 is 27.7 Å². The molecule has 22 heavy (non-hydrogen) atoms. The number of esters is 1. The lowest BCUT2D eigenvalue weighted by Gasteiger charge is -2.19. The van der Waals surface area contributed by atoms with Gasteiger partial charge in [-0.1, -0.05) is 18.3 Å². The molecule has 8 heteroatoms. The van der Waals surface area contributed by atoms with Gasteiger partial charge in [-0.15, -0.1) is 0 Å². The van der Waals surface area contributed by atoms with Crippen LogP contribution in [0.15, 0.2) is 11.0 Å². The third-order valence-electron chi connectivity index (χ3n) is 3.65. The fourth-order valence-electron chi connectivity index (χ4n) is 2.67. The maximum absolute atomic E-state index is 12.4. The number of thiazole rings is 1. The van der Waals surface area contributed by atoms with Gasteiger partial charge >= 0.3 is 10.8 Å². The molecule has 0 N–H and O–H groups in total. The minimum atomic E-state index is -0.635. The lowest BCUT2D eigenvalue weighted by atomic mass is 10.1. The van der Waals surface area contributed by atoms with E-state index in [1.807, 2.05) is 6.92 Å². The Kier molecular flexibility index (Phi) is 3.96. The Morgan fingerprint density at radius 3 is 3.05 bits per heavy atom. The molecule has 1 aliphatic rings. The van der Waals surface area contributed by atoms with Gasteiger partial charge in [-0.25, -0.2) is 9.97 Å². The van der Waals surface area contributed by atoms with E-state index in [1.54, 1.807) is 13.1 Å². The van der Waals surface area contributed by atoms with E-state index in [0.717, 1.165) is 17.8 Å². The van der Waals surface area contributed by atoms with Crippen LogP contribution in [-0.2, 0) is 14.3 Å². The number of rotatable bonds is 3. The molecule has 1 fully saturated rings. The lowest BCUT2D eigenvalue weighted by Crippen LogP contribution is -2.30. The molecule has 1 aliphatic heterocycles. The summed E-state index contributed by atoms with van der Waals surface area (Å²) in [5.41, 5.74) is 0.529. The maximum Gasteiger partial charge on any atom is 0.311 e. The second kappa shape index (κ2) is 5.77. The molecular weight excluding hydrogens is 306 g/mol. The lowest BCUT2D eigenvalue weighted by molar-refractivity contribution is -0.152. The third-order valence-corrected chi connectivity index (χ3v) is 4.53. The van der Waals surface area contributed by atoms with Gasteiger partial charge in [0.1, 0.15) is 11.9 Å². The summed E-state index contributed by atoms with van der Waals surface area (Å²) in [6, 6.07) is 0. The first-order valence-electron chi connectivity index (χ1n) is 7.17. The molecule has 0 saturated carbocycles. The summed E-state index contributed by atoms with van der Waals surface area (Å²) >= 11 is 1.07. The summed E-state index contributed by atoms with van der Waals surface area (Å²) in [5, 5.41) is 0. The quantitative estimate of drug-likeness (QED) is 0.801. The fraction of sp³-hybridized carbons (Fsp3) is 0.571. The highest BCUT2D eigenvalue weighted by Crippen LogP contribution is 2.34. The predicted octanol–water partition coefficient (Wildman–Crippen LogP) is 1.79. The van der Waals surface area contributed by atoms with Crippen LogP contribution in [0.3, 0.4) is 0 Å². The van der Waals surface area contributed by atoms with Gasteiger partial charge in [0.15, 0.2) is 11.9 Å². The highest BCUT2D eigenvalue weighted by molar-refractivity contribution is 7.16. The summed E-state index contributed by atoms with van der Waals surface area (Å²) in [4.78, 5) is 31.9. The second-order valence-electron chi connectivity index (χ2n) is 5.28. The van der Waals surface area contributed by atoms with Crippen molar-refractivity contribution in [1.29, 1.82) is 0 Å². The molecule has 118 valence electrons. The van der Waals surface area contributed by atoms with Crippen LogP contribution in [0, 0.1) is 6.92 Å². The molecule has 0 amide bonds. The average molecular weight is 323 g/mol. The number of fused-ring (bicyclic) bond motifs is 1. The van der Waals surface area contributed by atoms with E-state index in [9.17, 15) is 9.59 Å². The van der Waals surface area contributed by atoms with E-state index in [0.29, 0.717) is 22.6 Å². The average Bonchev–Trinajstić information content (AvgIpc) is 2.98. The van der Waals surface area contributed by atoms with Crippen molar-refractivity contribution in [2.24, 2.45) is 0 Å². The topological polar surface area (TPSA) is 83.3 Å². The molecule has 1 unspecified atom stereocenters. The van der Waals surface area contributed by atoms with Crippen molar-refractivity contribution in [3.8, 4) is 0 Å². The highest BCUT2D eigenvalue weighted by Gasteiger charge is 2.39. The zero-order valence-corrected chi connectivity index (χ0v) is 13.4. The van der Waals surface area contributed by atoms with E-state index in [2.05, 4.69) is 9.97 Å². The van der Waals surface area contributed by atoms with Gasteiger partial charge in [-0.3, -0.25) is 14.2 Å². The Balaban J connectivity index is 2.08. The van der Waals surface area contributed by atoms with Crippen molar-refractivity contribution in [1.82, 2.24) is 14.5 Å². The van der Waals surface area contributed by atoms with Crippen molar-refractivity contribution in [3.05, 3.63) is 21.7 Å². The molecule has 7 nitrogen and oxygen atoms in total. The van der Waals surface area contributed by atoms with Crippen molar-refractivity contribution in [2.45, 2.75) is 52.0 Å². The van der Waals surface area contributed by atoms with Gasteiger partial charge in [0.25, 0.3) is 0 Å². The molecule has 3 heterocycles. The smallest absolute Gasteiger partial charge is 0.311 e. The zero-order chi connectivity index (χ0) is 15.9. The number of hydrogen-bond acceptors (Lipinski definition) is 7. The normalized spacial score (nSPS) is 24.8. The molecule has 1 saturated heterocycles. The zero-order valence-electron chi connectivity index (χ0n) is 12.6. The molecule has 0 aliphatic carbocycles. The standard InChI is InChI=1S/C14H17N3O4S/c1-4-9-5-10(20-8(3)18)13(21-9)17-12-11(22-14(17)19)6-15-7(2)16-12/h6,9-10,13H,4-5H2,1-3H3/t9-,10-,13?/m1/s1. The molecule has 3 atom stereocenters. The molecule has 3 rings (SSSR count). The van der Waals surface area contributed by atoms with E-state index >= 15 is 0 Å². The Labute approximate surface area is 130 Å². The number of hydrogen-bond donors (Lipinski definition) is 0. The van der Waals surface area contributed by atoms with Crippen LogP contribution in [0.5, 0.6) is 0 Å². The molecule has 0 bridgehead atoms. The Hall–Kier alpha value is -1.80. The summed E-state index contributed by atoms with van der Waals surface area (Å²) in [6.07, 6.45) is 1.85. The number of aryl methyl sites for hydroxylation is 1. The van der Waals surface area contributed by atoms with Crippen LogP contribution in [0.1, 0.15) is 38.7 Å². The first kappa shape index (κ1) is 15.1. The third kappa shape index (κ3) is 2.64. The number of nitrogens with zero attached hydrogens (tertiary/aromatic N) is 3. The van der Waals surface area contributed by atoms with Crippen LogP contribution in [-0.4, -0.2) is 32.7 Å². The largest absolute Gasteiger partial charge is 0.458 e. The first-order valence-corrected chi connectivity index (χ1v) is 7.98. The summed E-state index contributed by atoms with van der Waals surface area (Å²) in [7, 11) is 0. The molecule has 0 aromatic carbocycles. The molecule has 0 spiro atoms. The van der Waals surface area contributed by atoms with Crippen molar-refractivity contribution < 1.29 is 14.3 Å². The van der Waals surface area contributed by atoms with E-state index in [4.69, 9.17) is 9.47 Å².